The molecule has 1 saturated carbocycles. The molecule has 1 atom stereocenters. The quantitative estimate of drug-likeness (QED) is 0.749. The van der Waals surface area contributed by atoms with Gasteiger partial charge in [-0.2, -0.15) is 26.3 Å². The van der Waals surface area contributed by atoms with E-state index in [1.165, 1.54) is 6.20 Å². The number of rotatable bonds is 3. The molecule has 160 valence electrons. The van der Waals surface area contributed by atoms with Crippen molar-refractivity contribution in [2.45, 2.75) is 37.7 Å². The van der Waals surface area contributed by atoms with Gasteiger partial charge in [0.2, 0.25) is 5.91 Å². The van der Waals surface area contributed by atoms with Gasteiger partial charge in [0.05, 0.1) is 11.9 Å². The van der Waals surface area contributed by atoms with E-state index >= 15 is 0 Å². The Kier molecular flexibility index (Phi) is 5.39. The number of hydrogen-bond acceptors (Lipinski definition) is 4. The van der Waals surface area contributed by atoms with E-state index in [2.05, 4.69) is 15.0 Å². The van der Waals surface area contributed by atoms with Crippen LogP contribution in [0.2, 0.25) is 0 Å². The third-order valence-electron chi connectivity index (χ3n) is 5.27. The Morgan fingerprint density at radius 1 is 1.17 bits per heavy atom. The summed E-state index contributed by atoms with van der Waals surface area (Å²) in [7, 11) is 0. The lowest BCUT2D eigenvalue weighted by Gasteiger charge is -2.33. The van der Waals surface area contributed by atoms with Crippen LogP contribution in [0.3, 0.4) is 0 Å². The molecule has 0 aromatic carbocycles. The Labute approximate surface area is 161 Å². The summed E-state index contributed by atoms with van der Waals surface area (Å²) < 4.78 is 78.9. The molecular weight excluding hydrogens is 408 g/mol. The zero-order valence-electron chi connectivity index (χ0n) is 14.9. The van der Waals surface area contributed by atoms with Crippen LogP contribution >= 0.6 is 0 Å². The second kappa shape index (κ2) is 7.38. The summed E-state index contributed by atoms with van der Waals surface area (Å²) in [6.45, 7) is -0.171. The van der Waals surface area contributed by atoms with Crippen molar-refractivity contribution in [1.29, 1.82) is 0 Å². The summed E-state index contributed by atoms with van der Waals surface area (Å²) in [4.78, 5) is 28.8. The Hall–Kier alpha value is -2.53. The van der Waals surface area contributed by atoms with E-state index in [0.29, 0.717) is 12.1 Å². The first kappa shape index (κ1) is 21.2. The van der Waals surface area contributed by atoms with Gasteiger partial charge in [-0.1, -0.05) is 0 Å². The van der Waals surface area contributed by atoms with Crippen LogP contribution in [-0.4, -0.2) is 53.4 Å². The van der Waals surface area contributed by atoms with Crippen molar-refractivity contribution >= 4 is 17.7 Å². The van der Waals surface area contributed by atoms with Gasteiger partial charge in [-0.05, 0) is 36.8 Å². The lowest BCUT2D eigenvalue weighted by molar-refractivity contribution is -0.308. The van der Waals surface area contributed by atoms with Crippen molar-refractivity contribution in [3.63, 3.8) is 0 Å². The Balaban J connectivity index is 1.53. The monoisotopic (exact) mass is 425 g/mol. The standard InChI is InChI=1S/C17H17F6N3O3/c18-16(19,20)13(17(21,22)23)29-14(28)26-6-3-15(4-7-26)8-11(15)12(27)25-10-2-1-5-24-9-10/h1-2,5,9,11,13H,3-4,6-8H2,(H,25,27)/t11-/m1/s1. The number of alkyl halides is 6. The van der Waals surface area contributed by atoms with Gasteiger partial charge < -0.3 is 15.0 Å². The SMILES string of the molecule is O=C(Nc1cccnc1)[C@H]1CC12CCN(C(=O)OC(C(F)(F)F)C(F)(F)F)CC2. The first-order valence-electron chi connectivity index (χ1n) is 8.72. The molecule has 1 spiro atoms. The highest BCUT2D eigenvalue weighted by Crippen LogP contribution is 2.59. The number of nitrogens with one attached hydrogen (secondary N) is 1. The molecule has 1 saturated heterocycles. The molecule has 1 aliphatic heterocycles. The van der Waals surface area contributed by atoms with Crippen LogP contribution in [0.4, 0.5) is 36.8 Å². The molecule has 2 fully saturated rings. The van der Waals surface area contributed by atoms with Crippen LogP contribution < -0.4 is 5.32 Å². The van der Waals surface area contributed by atoms with Crippen molar-refractivity contribution in [2.75, 3.05) is 18.4 Å². The number of amides is 2. The summed E-state index contributed by atoms with van der Waals surface area (Å²) >= 11 is 0. The predicted octanol–water partition coefficient (Wildman–Crippen LogP) is 3.75. The van der Waals surface area contributed by atoms with Crippen molar-refractivity contribution in [3.05, 3.63) is 24.5 Å². The van der Waals surface area contributed by atoms with Gasteiger partial charge in [0.25, 0.3) is 6.10 Å². The van der Waals surface area contributed by atoms with Crippen molar-refractivity contribution < 1.29 is 40.7 Å². The zero-order valence-corrected chi connectivity index (χ0v) is 14.9. The second-order valence-electron chi connectivity index (χ2n) is 7.18. The molecule has 0 radical (unpaired) electrons. The number of nitrogens with zero attached hydrogens (tertiary/aromatic N) is 2. The highest BCUT2D eigenvalue weighted by molar-refractivity contribution is 5.95. The minimum atomic E-state index is -5.75. The van der Waals surface area contributed by atoms with Gasteiger partial charge in [0, 0.05) is 25.2 Å². The molecule has 2 heterocycles. The van der Waals surface area contributed by atoms with E-state index in [-0.39, 0.29) is 37.8 Å². The third kappa shape index (κ3) is 4.73. The number of carbonyl (C=O) groups excluding carboxylic acids is 2. The zero-order chi connectivity index (χ0) is 21.4. The number of aromatic nitrogens is 1. The van der Waals surface area contributed by atoms with E-state index < -0.39 is 30.0 Å². The minimum absolute atomic E-state index is 0.0854. The number of ether oxygens (including phenoxy) is 1. The highest BCUT2D eigenvalue weighted by atomic mass is 19.4. The number of hydrogen-bond donors (Lipinski definition) is 1. The average molecular weight is 425 g/mol. The fraction of sp³-hybridized carbons (Fsp3) is 0.588. The van der Waals surface area contributed by atoms with Crippen molar-refractivity contribution in [3.8, 4) is 0 Å². The van der Waals surface area contributed by atoms with Gasteiger partial charge in [0.1, 0.15) is 0 Å². The van der Waals surface area contributed by atoms with Crippen LogP contribution in [0.25, 0.3) is 0 Å². The third-order valence-corrected chi connectivity index (χ3v) is 5.27. The maximum atomic E-state index is 12.5. The first-order chi connectivity index (χ1) is 13.4. The van der Waals surface area contributed by atoms with Gasteiger partial charge >= 0.3 is 18.4 Å². The number of piperidine rings is 1. The van der Waals surface area contributed by atoms with E-state index in [1.54, 1.807) is 18.3 Å². The maximum absolute atomic E-state index is 12.5. The Bertz CT molecular complexity index is 746. The summed E-state index contributed by atoms with van der Waals surface area (Å²) in [6.07, 6.45) is -13.2. The van der Waals surface area contributed by atoms with Crippen LogP contribution in [0.5, 0.6) is 0 Å². The molecule has 1 aromatic rings. The number of pyridine rings is 1. The molecule has 6 nitrogen and oxygen atoms in total. The largest absolute Gasteiger partial charge is 0.434 e. The van der Waals surface area contributed by atoms with Crippen LogP contribution in [0, 0.1) is 11.3 Å². The number of anilines is 1. The number of carbonyl (C=O) groups is 2. The molecule has 1 aliphatic carbocycles. The smallest absolute Gasteiger partial charge is 0.426 e. The highest BCUT2D eigenvalue weighted by Gasteiger charge is 2.61. The average Bonchev–Trinajstić information content (AvgIpc) is 3.32. The molecule has 2 amide bonds. The molecule has 29 heavy (non-hydrogen) atoms. The van der Waals surface area contributed by atoms with Gasteiger partial charge in [-0.15, -0.1) is 0 Å². The van der Waals surface area contributed by atoms with E-state index in [1.807, 2.05) is 0 Å². The summed E-state index contributed by atoms with van der Waals surface area (Å²) in [5.74, 6) is -0.567. The Morgan fingerprint density at radius 3 is 2.31 bits per heavy atom. The molecule has 0 bridgehead atoms. The summed E-state index contributed by atoms with van der Waals surface area (Å²) in [6, 6.07) is 3.31. The van der Waals surface area contributed by atoms with E-state index in [4.69, 9.17) is 0 Å². The molecule has 0 unspecified atom stereocenters. The minimum Gasteiger partial charge on any atom is -0.426 e. The molecular formula is C17H17F6N3O3. The van der Waals surface area contributed by atoms with Gasteiger partial charge in [0.15, 0.2) is 0 Å². The first-order valence-corrected chi connectivity index (χ1v) is 8.72. The van der Waals surface area contributed by atoms with Crippen LogP contribution in [-0.2, 0) is 9.53 Å². The van der Waals surface area contributed by atoms with Crippen molar-refractivity contribution in [1.82, 2.24) is 9.88 Å². The number of halogens is 6. The van der Waals surface area contributed by atoms with E-state index in [0.717, 1.165) is 4.90 Å². The van der Waals surface area contributed by atoms with Crippen molar-refractivity contribution in [2.24, 2.45) is 11.3 Å². The van der Waals surface area contributed by atoms with Gasteiger partial charge in [-0.25, -0.2) is 4.79 Å². The molecule has 1 N–H and O–H groups in total. The molecule has 12 heteroatoms. The fourth-order valence-electron chi connectivity index (χ4n) is 3.57. The van der Waals surface area contributed by atoms with Crippen LogP contribution in [0.15, 0.2) is 24.5 Å². The van der Waals surface area contributed by atoms with Crippen LogP contribution in [0.1, 0.15) is 19.3 Å². The Morgan fingerprint density at radius 2 is 1.79 bits per heavy atom. The van der Waals surface area contributed by atoms with Gasteiger partial charge in [-0.3, -0.25) is 9.78 Å². The van der Waals surface area contributed by atoms with E-state index in [9.17, 15) is 35.9 Å². The normalized spacial score (nSPS) is 21.2. The predicted molar refractivity (Wildman–Crippen MR) is 86.6 cm³/mol. The topological polar surface area (TPSA) is 71.5 Å². The fourth-order valence-corrected chi connectivity index (χ4v) is 3.57. The molecule has 2 aliphatic rings. The lowest BCUT2D eigenvalue weighted by atomic mass is 9.91. The molecule has 1 aromatic heterocycles. The lowest BCUT2D eigenvalue weighted by Crippen LogP contribution is -2.49. The second-order valence-corrected chi connectivity index (χ2v) is 7.18. The molecule has 3 rings (SSSR count). The maximum Gasteiger partial charge on any atom is 0.434 e. The number of likely N-dealkylation sites (tertiary alicyclic amines) is 1. The summed E-state index contributed by atoms with van der Waals surface area (Å²) in [5.41, 5.74) is 0.113. The summed E-state index contributed by atoms with van der Waals surface area (Å²) in [5, 5.41) is 2.71.